The number of pyridine rings is 1. The molecule has 0 N–H and O–H groups in total. The average Bonchev–Trinajstić information content (AvgIpc) is 2.76. The van der Waals surface area contributed by atoms with Crippen LogP contribution in [0.2, 0.25) is 0 Å². The summed E-state index contributed by atoms with van der Waals surface area (Å²) >= 11 is 0. The van der Waals surface area contributed by atoms with Gasteiger partial charge in [-0.2, -0.15) is 4.57 Å². The predicted molar refractivity (Wildman–Crippen MR) is 128 cm³/mol. The molecule has 0 radical (unpaired) electrons. The predicted octanol–water partition coefficient (Wildman–Crippen LogP) is 7.41. The highest BCUT2D eigenvalue weighted by molar-refractivity contribution is 5.75. The van der Waals surface area contributed by atoms with Crippen LogP contribution in [0.3, 0.4) is 0 Å². The summed E-state index contributed by atoms with van der Waals surface area (Å²) in [5, 5.41) is 0. The van der Waals surface area contributed by atoms with Crippen LogP contribution in [0.15, 0.2) is 66.9 Å². The van der Waals surface area contributed by atoms with Gasteiger partial charge in [-0.25, -0.2) is 0 Å². The van der Waals surface area contributed by atoms with E-state index in [0.29, 0.717) is 0 Å². The molecule has 0 amide bonds. The van der Waals surface area contributed by atoms with E-state index >= 15 is 0 Å². The molecule has 1 aromatic heterocycles. The van der Waals surface area contributed by atoms with Gasteiger partial charge >= 0.3 is 0 Å². The summed E-state index contributed by atoms with van der Waals surface area (Å²) in [6.07, 6.45) is 4.57. The molecule has 0 spiro atoms. The molecule has 0 saturated heterocycles. The van der Waals surface area contributed by atoms with E-state index in [2.05, 4.69) is 120 Å². The topological polar surface area (TPSA) is 3.88 Å². The van der Waals surface area contributed by atoms with Crippen molar-refractivity contribution >= 4 is 0 Å². The normalized spacial score (nSPS) is 23.0. The lowest BCUT2D eigenvalue weighted by Crippen LogP contribution is -2.67. The Hall–Kier alpha value is -2.41. The van der Waals surface area contributed by atoms with Crippen LogP contribution in [-0.4, -0.2) is 0 Å². The van der Waals surface area contributed by atoms with Crippen molar-refractivity contribution in [2.75, 3.05) is 0 Å². The maximum absolute atomic E-state index is 2.57. The van der Waals surface area contributed by atoms with Crippen molar-refractivity contribution in [1.82, 2.24) is 0 Å². The molecule has 4 rings (SSSR count). The van der Waals surface area contributed by atoms with E-state index in [1.165, 1.54) is 33.5 Å². The number of fused-ring (bicyclic) bond motifs is 3. The fourth-order valence-electron chi connectivity index (χ4n) is 5.34. The smallest absolute Gasteiger partial charge is 0.192 e. The van der Waals surface area contributed by atoms with Gasteiger partial charge in [0.15, 0.2) is 11.7 Å². The molecule has 2 heterocycles. The molecule has 0 bridgehead atoms. The first-order chi connectivity index (χ1) is 14.2. The van der Waals surface area contributed by atoms with Gasteiger partial charge in [-0.05, 0) is 47.1 Å². The van der Waals surface area contributed by atoms with Crippen molar-refractivity contribution < 1.29 is 4.57 Å². The lowest BCUT2D eigenvalue weighted by Gasteiger charge is -2.46. The first-order valence-electron chi connectivity index (χ1n) is 11.4. The van der Waals surface area contributed by atoms with Crippen LogP contribution >= 0.6 is 0 Å². The number of aromatic nitrogens is 1. The quantitative estimate of drug-likeness (QED) is 0.404. The Balaban J connectivity index is 2.05. The fraction of sp³-hybridized carbons (Fsp3) is 0.414. The number of nitrogens with zero attached hydrogens (tertiary/aromatic N) is 1. The zero-order valence-corrected chi connectivity index (χ0v) is 19.7. The molecular formula is C29H36N+. The molecular weight excluding hydrogens is 362 g/mol. The lowest BCUT2D eigenvalue weighted by atomic mass is 9.60. The summed E-state index contributed by atoms with van der Waals surface area (Å²) in [4.78, 5) is 0. The van der Waals surface area contributed by atoms with E-state index in [0.717, 1.165) is 12.8 Å². The third kappa shape index (κ3) is 2.94. The van der Waals surface area contributed by atoms with E-state index in [-0.39, 0.29) is 16.4 Å². The van der Waals surface area contributed by atoms with Crippen molar-refractivity contribution in [3.63, 3.8) is 0 Å². The van der Waals surface area contributed by atoms with Crippen molar-refractivity contribution in [3.05, 3.63) is 78.0 Å². The molecule has 30 heavy (non-hydrogen) atoms. The monoisotopic (exact) mass is 398 g/mol. The van der Waals surface area contributed by atoms with Crippen LogP contribution in [0.25, 0.3) is 22.4 Å². The molecule has 156 valence electrons. The van der Waals surface area contributed by atoms with Gasteiger partial charge in [-0.3, -0.25) is 0 Å². The van der Waals surface area contributed by atoms with Crippen molar-refractivity contribution in [3.8, 4) is 22.4 Å². The van der Waals surface area contributed by atoms with E-state index in [9.17, 15) is 0 Å². The van der Waals surface area contributed by atoms with Gasteiger partial charge in [0, 0.05) is 25.5 Å². The van der Waals surface area contributed by atoms with Gasteiger partial charge in [-0.1, -0.05) is 77.1 Å². The first-order valence-corrected chi connectivity index (χ1v) is 11.4. The minimum absolute atomic E-state index is 0.0365. The van der Waals surface area contributed by atoms with Gasteiger partial charge < -0.3 is 0 Å². The van der Waals surface area contributed by atoms with E-state index in [4.69, 9.17) is 0 Å². The highest BCUT2D eigenvalue weighted by Gasteiger charge is 2.56. The Morgan fingerprint density at radius 2 is 1.50 bits per heavy atom. The van der Waals surface area contributed by atoms with Gasteiger partial charge in [0.1, 0.15) is 0 Å². The van der Waals surface area contributed by atoms with Crippen LogP contribution < -0.4 is 4.57 Å². The second-order valence-electron chi connectivity index (χ2n) is 10.4. The molecule has 3 aromatic rings. The molecule has 1 nitrogen and oxygen atoms in total. The Morgan fingerprint density at radius 3 is 2.10 bits per heavy atom. The summed E-state index contributed by atoms with van der Waals surface area (Å²) < 4.78 is 2.57. The van der Waals surface area contributed by atoms with E-state index < -0.39 is 0 Å². The standard InChI is InChI=1S/C29H36N/c1-8-28(6)25-16-15-22(21-13-11-10-12-14-21)19-24(25)26-20-23(27(3,4)5)17-18-30(26)29(28,7)9-2/h10-20H,8-9H2,1-7H3/q+1. The Kier molecular flexibility index (Phi) is 4.92. The summed E-state index contributed by atoms with van der Waals surface area (Å²) in [6, 6.07) is 22.7. The molecule has 2 unspecified atom stereocenters. The zero-order valence-electron chi connectivity index (χ0n) is 19.7. The third-order valence-corrected chi connectivity index (χ3v) is 7.93. The second kappa shape index (κ2) is 7.08. The van der Waals surface area contributed by atoms with Gasteiger partial charge in [-0.15, -0.1) is 0 Å². The number of rotatable bonds is 3. The van der Waals surface area contributed by atoms with Gasteiger partial charge in [0.2, 0.25) is 5.69 Å². The van der Waals surface area contributed by atoms with Crippen molar-refractivity contribution in [1.29, 1.82) is 0 Å². The van der Waals surface area contributed by atoms with Crippen molar-refractivity contribution in [2.45, 2.75) is 77.7 Å². The average molecular weight is 399 g/mol. The van der Waals surface area contributed by atoms with Gasteiger partial charge in [0.25, 0.3) is 0 Å². The molecule has 0 aliphatic carbocycles. The number of benzene rings is 2. The molecule has 1 aliphatic rings. The second-order valence-corrected chi connectivity index (χ2v) is 10.4. The van der Waals surface area contributed by atoms with E-state index in [1.54, 1.807) is 0 Å². The zero-order chi connectivity index (χ0) is 21.7. The first kappa shape index (κ1) is 20.8. The van der Waals surface area contributed by atoms with Crippen molar-refractivity contribution in [2.24, 2.45) is 0 Å². The minimum Gasteiger partial charge on any atom is -0.192 e. The highest BCUT2D eigenvalue weighted by atomic mass is 15.1. The lowest BCUT2D eigenvalue weighted by molar-refractivity contribution is -0.765. The SMILES string of the molecule is CCC1(C)c2ccc(-c3ccccc3)cc2-c2cc(C(C)(C)C)cc[n+]2C1(C)CC. The largest absolute Gasteiger partial charge is 0.213 e. The van der Waals surface area contributed by atoms with Gasteiger partial charge in [0.05, 0.1) is 11.0 Å². The molecule has 0 fully saturated rings. The van der Waals surface area contributed by atoms with Crippen LogP contribution in [0.1, 0.15) is 72.4 Å². The molecule has 0 saturated carbocycles. The maximum Gasteiger partial charge on any atom is 0.213 e. The third-order valence-electron chi connectivity index (χ3n) is 7.93. The fourth-order valence-corrected chi connectivity index (χ4v) is 5.34. The summed E-state index contributed by atoms with van der Waals surface area (Å²) in [6.45, 7) is 16.5. The summed E-state index contributed by atoms with van der Waals surface area (Å²) in [7, 11) is 0. The van der Waals surface area contributed by atoms with Crippen LogP contribution in [-0.2, 0) is 16.4 Å². The summed E-state index contributed by atoms with van der Waals surface area (Å²) in [5.41, 5.74) is 8.43. The summed E-state index contributed by atoms with van der Waals surface area (Å²) in [5.74, 6) is 0. The Bertz CT molecular complexity index is 1070. The number of hydrogen-bond acceptors (Lipinski definition) is 0. The van der Waals surface area contributed by atoms with E-state index in [1.807, 2.05) is 0 Å². The molecule has 1 heteroatoms. The minimum atomic E-state index is 0.0365. The molecule has 2 aromatic carbocycles. The Morgan fingerprint density at radius 1 is 0.800 bits per heavy atom. The highest BCUT2D eigenvalue weighted by Crippen LogP contribution is 2.50. The van der Waals surface area contributed by atoms with Crippen LogP contribution in [0, 0.1) is 0 Å². The number of hydrogen-bond donors (Lipinski definition) is 0. The molecule has 2 atom stereocenters. The maximum atomic E-state index is 2.57. The van der Waals surface area contributed by atoms with Crippen LogP contribution in [0.5, 0.6) is 0 Å². The molecule has 1 aliphatic heterocycles. The van der Waals surface area contributed by atoms with Crippen LogP contribution in [0.4, 0.5) is 0 Å². The Labute approximate surface area is 182 Å².